The van der Waals surface area contributed by atoms with Gasteiger partial charge in [0.2, 0.25) is 5.91 Å². The van der Waals surface area contributed by atoms with Gasteiger partial charge in [0.15, 0.2) is 5.78 Å². The van der Waals surface area contributed by atoms with Crippen LogP contribution in [-0.2, 0) is 16.1 Å². The van der Waals surface area contributed by atoms with E-state index in [0.717, 1.165) is 60.0 Å². The Hall–Kier alpha value is -3.66. The van der Waals surface area contributed by atoms with Crippen LogP contribution in [0.5, 0.6) is 0 Å². The number of carbonyl (C=O) groups excluding carboxylic acids is 2. The largest absolute Gasteiger partial charge is 0.378 e. The molecule has 1 saturated carbocycles. The molecule has 4 nitrogen and oxygen atoms in total. The predicted octanol–water partition coefficient (Wildman–Crippen LogP) is 7.14. The zero-order valence-corrected chi connectivity index (χ0v) is 21.5. The van der Waals surface area contributed by atoms with E-state index >= 15 is 0 Å². The molecule has 4 rings (SSSR count). The molecule has 4 heteroatoms. The Balaban J connectivity index is 1.64. The molecule has 186 valence electrons. The number of amides is 1. The molecule has 1 aliphatic carbocycles. The number of allylic oxidation sites excluding steroid dienone is 1. The second-order valence-electron chi connectivity index (χ2n) is 9.77. The SMILES string of the molecule is [2H][C@H](c1ccc(-c2ccc(N(C)C)cc2)cc1)N(C(=O)C1CCCCC1)c1cccc(/C=C/C(C)=O)c1. The van der Waals surface area contributed by atoms with Crippen molar-refractivity contribution in [2.75, 3.05) is 23.9 Å². The number of hydrogen-bond donors (Lipinski definition) is 0. The molecule has 0 heterocycles. The Labute approximate surface area is 216 Å². The van der Waals surface area contributed by atoms with Crippen LogP contribution in [0.4, 0.5) is 11.4 Å². The lowest BCUT2D eigenvalue weighted by molar-refractivity contribution is -0.123. The third-order valence-electron chi connectivity index (χ3n) is 6.76. The summed E-state index contributed by atoms with van der Waals surface area (Å²) in [5.74, 6) is -0.0846. The van der Waals surface area contributed by atoms with Gasteiger partial charge in [-0.15, -0.1) is 0 Å². The van der Waals surface area contributed by atoms with E-state index in [-0.39, 0.29) is 17.6 Å². The van der Waals surface area contributed by atoms with Gasteiger partial charge in [-0.3, -0.25) is 9.59 Å². The first-order chi connectivity index (χ1) is 17.8. The van der Waals surface area contributed by atoms with Crippen molar-refractivity contribution in [2.24, 2.45) is 5.92 Å². The van der Waals surface area contributed by atoms with Crippen molar-refractivity contribution in [1.29, 1.82) is 0 Å². The van der Waals surface area contributed by atoms with Crippen LogP contribution in [0.2, 0.25) is 0 Å². The average Bonchev–Trinajstić information content (AvgIpc) is 2.93. The Morgan fingerprint density at radius 3 is 2.14 bits per heavy atom. The summed E-state index contributed by atoms with van der Waals surface area (Å²) in [6.07, 6.45) is 8.28. The number of ketones is 1. The summed E-state index contributed by atoms with van der Waals surface area (Å²) >= 11 is 0. The van der Waals surface area contributed by atoms with E-state index in [9.17, 15) is 11.0 Å². The van der Waals surface area contributed by atoms with Crippen LogP contribution in [0.15, 0.2) is 78.9 Å². The van der Waals surface area contributed by atoms with Crippen molar-refractivity contribution >= 4 is 29.1 Å². The van der Waals surface area contributed by atoms with Gasteiger partial charge in [-0.2, -0.15) is 0 Å². The van der Waals surface area contributed by atoms with Crippen molar-refractivity contribution in [3.8, 4) is 11.1 Å². The summed E-state index contributed by atoms with van der Waals surface area (Å²) in [5.41, 5.74) is 5.61. The molecule has 1 aliphatic rings. The third kappa shape index (κ3) is 6.51. The standard InChI is InChI=1S/C32H36N2O2/c1-24(35)12-13-25-8-7-11-31(22-25)34(32(36)29-9-5-4-6-10-29)23-26-14-16-27(17-15-26)28-18-20-30(21-19-28)33(2)3/h7-8,11-22,29H,4-6,9-10,23H2,1-3H3/b13-12+/i23D/t23-/m1/s1. The average molecular weight is 482 g/mol. The minimum atomic E-state index is -0.869. The molecular weight excluding hydrogens is 444 g/mol. The second-order valence-corrected chi connectivity index (χ2v) is 9.77. The van der Waals surface area contributed by atoms with Gasteiger partial charge in [0.1, 0.15) is 0 Å². The van der Waals surface area contributed by atoms with E-state index in [1.165, 1.54) is 13.0 Å². The van der Waals surface area contributed by atoms with Crippen LogP contribution in [0.3, 0.4) is 0 Å². The van der Waals surface area contributed by atoms with E-state index < -0.39 is 6.52 Å². The van der Waals surface area contributed by atoms with Gasteiger partial charge in [-0.05, 0) is 72.4 Å². The molecule has 0 N–H and O–H groups in total. The van der Waals surface area contributed by atoms with Crippen molar-refractivity contribution < 1.29 is 11.0 Å². The molecule has 1 amide bonds. The van der Waals surface area contributed by atoms with E-state index in [1.54, 1.807) is 11.0 Å². The van der Waals surface area contributed by atoms with Gasteiger partial charge in [0.25, 0.3) is 0 Å². The monoisotopic (exact) mass is 481 g/mol. The smallest absolute Gasteiger partial charge is 0.230 e. The molecular formula is C32H36N2O2. The first kappa shape index (κ1) is 24.1. The van der Waals surface area contributed by atoms with E-state index in [4.69, 9.17) is 0 Å². The number of nitrogens with zero attached hydrogens (tertiary/aromatic N) is 2. The summed E-state index contributed by atoms with van der Waals surface area (Å²) in [6, 6.07) is 23.9. The van der Waals surface area contributed by atoms with Gasteiger partial charge in [0, 0.05) is 31.4 Å². The third-order valence-corrected chi connectivity index (χ3v) is 6.76. The van der Waals surface area contributed by atoms with Crippen molar-refractivity contribution in [1.82, 2.24) is 0 Å². The molecule has 3 aromatic rings. The molecule has 1 fully saturated rings. The Morgan fingerprint density at radius 1 is 0.889 bits per heavy atom. The molecule has 0 spiro atoms. The van der Waals surface area contributed by atoms with Crippen LogP contribution in [-0.4, -0.2) is 25.8 Å². The fourth-order valence-corrected chi connectivity index (χ4v) is 4.67. The zero-order chi connectivity index (χ0) is 26.4. The Morgan fingerprint density at radius 2 is 1.53 bits per heavy atom. The van der Waals surface area contributed by atoms with Gasteiger partial charge < -0.3 is 9.80 Å². The molecule has 36 heavy (non-hydrogen) atoms. The summed E-state index contributed by atoms with van der Waals surface area (Å²) < 4.78 is 9.18. The maximum Gasteiger partial charge on any atom is 0.230 e. The molecule has 0 unspecified atom stereocenters. The molecule has 0 aliphatic heterocycles. The van der Waals surface area contributed by atoms with Crippen LogP contribution >= 0.6 is 0 Å². The normalized spacial score (nSPS) is 15.4. The highest BCUT2D eigenvalue weighted by Crippen LogP contribution is 2.30. The topological polar surface area (TPSA) is 40.6 Å². The fourth-order valence-electron chi connectivity index (χ4n) is 4.67. The quantitative estimate of drug-likeness (QED) is 0.321. The lowest BCUT2D eigenvalue weighted by Crippen LogP contribution is -2.36. The fraction of sp³-hybridized carbons (Fsp3) is 0.312. The van der Waals surface area contributed by atoms with E-state index in [1.807, 2.05) is 62.6 Å². The molecule has 0 saturated heterocycles. The van der Waals surface area contributed by atoms with Gasteiger partial charge in [-0.25, -0.2) is 0 Å². The summed E-state index contributed by atoms with van der Waals surface area (Å²) in [6.45, 7) is 0.644. The second kappa shape index (κ2) is 11.9. The van der Waals surface area contributed by atoms with Crippen LogP contribution in [0.1, 0.15) is 51.5 Å². The summed E-state index contributed by atoms with van der Waals surface area (Å²) in [5, 5.41) is 0. The zero-order valence-electron chi connectivity index (χ0n) is 22.5. The lowest BCUT2D eigenvalue weighted by Gasteiger charge is -2.30. The van der Waals surface area contributed by atoms with Crippen molar-refractivity contribution in [3.05, 3.63) is 90.0 Å². The van der Waals surface area contributed by atoms with Gasteiger partial charge >= 0.3 is 0 Å². The highest BCUT2D eigenvalue weighted by molar-refractivity contribution is 5.96. The molecule has 0 bridgehead atoms. The number of carbonyl (C=O) groups is 2. The summed E-state index contributed by atoms with van der Waals surface area (Å²) in [4.78, 5) is 28.9. The number of anilines is 2. The molecule has 0 aromatic heterocycles. The first-order valence-corrected chi connectivity index (χ1v) is 12.8. The minimum absolute atomic E-state index is 0.00995. The maximum atomic E-state index is 13.8. The predicted molar refractivity (Wildman–Crippen MR) is 150 cm³/mol. The highest BCUT2D eigenvalue weighted by atomic mass is 16.2. The van der Waals surface area contributed by atoms with Crippen molar-refractivity contribution in [3.63, 3.8) is 0 Å². The number of hydrogen-bond acceptors (Lipinski definition) is 3. The van der Waals surface area contributed by atoms with E-state index in [2.05, 4.69) is 29.2 Å². The van der Waals surface area contributed by atoms with Crippen LogP contribution in [0, 0.1) is 5.92 Å². The molecule has 0 radical (unpaired) electrons. The number of rotatable bonds is 8. The van der Waals surface area contributed by atoms with Crippen LogP contribution < -0.4 is 9.80 Å². The molecule has 3 aromatic carbocycles. The van der Waals surface area contributed by atoms with Gasteiger partial charge in [-0.1, -0.05) is 73.9 Å². The maximum absolute atomic E-state index is 13.8. The number of benzene rings is 3. The Kier molecular flexibility index (Phi) is 7.92. The first-order valence-electron chi connectivity index (χ1n) is 13.3. The molecule has 1 atom stereocenters. The van der Waals surface area contributed by atoms with Gasteiger partial charge in [0.05, 0.1) is 7.89 Å². The lowest BCUT2D eigenvalue weighted by atomic mass is 9.88. The van der Waals surface area contributed by atoms with Crippen LogP contribution in [0.25, 0.3) is 17.2 Å². The summed E-state index contributed by atoms with van der Waals surface area (Å²) in [7, 11) is 4.04. The van der Waals surface area contributed by atoms with Crippen molar-refractivity contribution in [2.45, 2.75) is 45.5 Å². The Bertz CT molecular complexity index is 1240. The minimum Gasteiger partial charge on any atom is -0.378 e. The highest BCUT2D eigenvalue weighted by Gasteiger charge is 2.27. The van der Waals surface area contributed by atoms with E-state index in [0.29, 0.717) is 5.69 Å².